The maximum atomic E-state index is 11.2. The second-order valence-electron chi connectivity index (χ2n) is 7.47. The third-order valence-corrected chi connectivity index (χ3v) is 8.18. The minimum absolute atomic E-state index is 0.395. The monoisotopic (exact) mass is 482 g/mol. The first-order chi connectivity index (χ1) is 16.0. The average Bonchev–Trinajstić information content (AvgIpc) is 2.82. The highest BCUT2D eigenvalue weighted by Gasteiger charge is 2.39. The van der Waals surface area contributed by atoms with Crippen molar-refractivity contribution in [1.29, 1.82) is 0 Å². The Bertz CT molecular complexity index is 676. The molecule has 0 fully saturated rings. The normalized spacial score (nSPS) is 11.7. The first-order valence-electron chi connectivity index (χ1n) is 12.0. The lowest BCUT2D eigenvalue weighted by atomic mass is 10.1. The first kappa shape index (κ1) is 29.2. The zero-order valence-electron chi connectivity index (χ0n) is 21.0. The van der Waals surface area contributed by atoms with Gasteiger partial charge in [-0.3, -0.25) is 0 Å². The second kappa shape index (κ2) is 17.6. The van der Waals surface area contributed by atoms with E-state index in [0.717, 1.165) is 37.3 Å². The lowest BCUT2D eigenvalue weighted by Crippen LogP contribution is -2.45. The molecule has 8 heteroatoms. The summed E-state index contributed by atoms with van der Waals surface area (Å²) >= 11 is 0. The van der Waals surface area contributed by atoms with Crippen LogP contribution in [0.5, 0.6) is 11.5 Å². The maximum absolute atomic E-state index is 11.2. The fourth-order valence-corrected chi connectivity index (χ4v) is 6.16. The standard InChI is InChI=1S/C25H42O7Si/c1-6-30-33(31-7-2,32-8-3)20-14-12-10-9-11-13-19-29-23-17-15-22(21-24(23)27-4)16-18-25(26)28-5/h15-18,21H,6-14,19-20H2,1-5H3/b18-16+. The lowest BCUT2D eigenvalue weighted by Gasteiger charge is -2.28. The van der Waals surface area contributed by atoms with E-state index in [1.807, 2.05) is 39.0 Å². The van der Waals surface area contributed by atoms with Gasteiger partial charge in [-0.1, -0.05) is 31.7 Å². The Balaban J connectivity index is 2.29. The molecule has 0 aliphatic heterocycles. The Labute approximate surface area is 200 Å². The van der Waals surface area contributed by atoms with E-state index in [1.54, 1.807) is 13.2 Å². The molecular formula is C25H42O7Si. The Morgan fingerprint density at radius 3 is 2.03 bits per heavy atom. The topological polar surface area (TPSA) is 72.5 Å². The molecule has 1 aromatic rings. The maximum Gasteiger partial charge on any atom is 0.500 e. The number of esters is 1. The van der Waals surface area contributed by atoms with Gasteiger partial charge in [-0.2, -0.15) is 0 Å². The van der Waals surface area contributed by atoms with Gasteiger partial charge in [0.15, 0.2) is 11.5 Å². The van der Waals surface area contributed by atoms with Crippen LogP contribution in [0.4, 0.5) is 0 Å². The minimum atomic E-state index is -2.50. The van der Waals surface area contributed by atoms with Crippen LogP contribution in [0.1, 0.15) is 64.9 Å². The van der Waals surface area contributed by atoms with Crippen molar-refractivity contribution in [3.05, 3.63) is 29.8 Å². The summed E-state index contributed by atoms with van der Waals surface area (Å²) in [5, 5.41) is 0. The molecule has 0 unspecified atom stereocenters. The van der Waals surface area contributed by atoms with Gasteiger partial charge in [0.25, 0.3) is 0 Å². The fourth-order valence-electron chi connectivity index (χ4n) is 3.47. The lowest BCUT2D eigenvalue weighted by molar-refractivity contribution is -0.134. The number of carbonyl (C=O) groups is 1. The largest absolute Gasteiger partial charge is 0.500 e. The molecule has 1 aromatic carbocycles. The average molecular weight is 483 g/mol. The van der Waals surface area contributed by atoms with Gasteiger partial charge < -0.3 is 27.5 Å². The van der Waals surface area contributed by atoms with E-state index in [0.29, 0.717) is 37.9 Å². The van der Waals surface area contributed by atoms with Gasteiger partial charge in [0.05, 0.1) is 20.8 Å². The third-order valence-electron chi connectivity index (χ3n) is 5.03. The quantitative estimate of drug-likeness (QED) is 0.109. The second-order valence-corrected chi connectivity index (χ2v) is 10.2. The smallest absolute Gasteiger partial charge is 0.493 e. The molecule has 188 valence electrons. The van der Waals surface area contributed by atoms with Crippen molar-refractivity contribution >= 4 is 20.8 Å². The number of rotatable bonds is 19. The Hall–Kier alpha value is -1.87. The van der Waals surface area contributed by atoms with Gasteiger partial charge in [-0.15, -0.1) is 0 Å². The molecule has 0 saturated carbocycles. The van der Waals surface area contributed by atoms with E-state index in [1.165, 1.54) is 26.0 Å². The Morgan fingerprint density at radius 1 is 0.848 bits per heavy atom. The highest BCUT2D eigenvalue weighted by Crippen LogP contribution is 2.29. The van der Waals surface area contributed by atoms with Crippen LogP contribution in [0.15, 0.2) is 24.3 Å². The Morgan fingerprint density at radius 2 is 1.45 bits per heavy atom. The summed E-state index contributed by atoms with van der Waals surface area (Å²) in [5.74, 6) is 0.956. The third kappa shape index (κ3) is 11.7. The zero-order valence-corrected chi connectivity index (χ0v) is 22.0. The summed E-state index contributed by atoms with van der Waals surface area (Å²) in [6.45, 7) is 8.51. The van der Waals surface area contributed by atoms with Crippen LogP contribution in [0, 0.1) is 0 Å². The van der Waals surface area contributed by atoms with Crippen molar-refractivity contribution in [2.75, 3.05) is 40.6 Å². The van der Waals surface area contributed by atoms with E-state index >= 15 is 0 Å². The molecule has 0 N–H and O–H groups in total. The van der Waals surface area contributed by atoms with Gasteiger partial charge in [-0.05, 0) is 57.4 Å². The molecule has 0 atom stereocenters. The van der Waals surface area contributed by atoms with Crippen LogP contribution in [0.2, 0.25) is 6.04 Å². The van der Waals surface area contributed by atoms with Crippen LogP contribution in [-0.2, 0) is 22.8 Å². The molecule has 0 aromatic heterocycles. The predicted molar refractivity (Wildman–Crippen MR) is 133 cm³/mol. The SMILES string of the molecule is CCO[Si](CCCCCCCCOc1ccc(/C=C/C(=O)OC)cc1OC)(OCC)OCC. The van der Waals surface area contributed by atoms with Gasteiger partial charge in [0.2, 0.25) is 0 Å². The van der Waals surface area contributed by atoms with E-state index in [-0.39, 0.29) is 0 Å². The van der Waals surface area contributed by atoms with Crippen molar-refractivity contribution in [2.45, 2.75) is 65.3 Å². The van der Waals surface area contributed by atoms with Crippen molar-refractivity contribution in [3.63, 3.8) is 0 Å². The van der Waals surface area contributed by atoms with Crippen molar-refractivity contribution in [3.8, 4) is 11.5 Å². The number of benzene rings is 1. The number of carbonyl (C=O) groups excluding carboxylic acids is 1. The fraction of sp³-hybridized carbons (Fsp3) is 0.640. The summed E-state index contributed by atoms with van der Waals surface area (Å²) in [7, 11) is 0.459. The van der Waals surface area contributed by atoms with Crippen LogP contribution >= 0.6 is 0 Å². The van der Waals surface area contributed by atoms with Crippen molar-refractivity contribution in [2.24, 2.45) is 0 Å². The molecular weight excluding hydrogens is 440 g/mol. The summed E-state index contributed by atoms with van der Waals surface area (Å²) in [6, 6.07) is 6.47. The van der Waals surface area contributed by atoms with Gasteiger partial charge >= 0.3 is 14.8 Å². The molecule has 0 radical (unpaired) electrons. The van der Waals surface area contributed by atoms with Crippen LogP contribution in [0.3, 0.4) is 0 Å². The van der Waals surface area contributed by atoms with Gasteiger partial charge in [0, 0.05) is 31.9 Å². The van der Waals surface area contributed by atoms with E-state index in [9.17, 15) is 4.79 Å². The summed E-state index contributed by atoms with van der Waals surface area (Å²) in [6.07, 6.45) is 9.73. The van der Waals surface area contributed by atoms with E-state index in [4.69, 9.17) is 22.8 Å². The molecule has 7 nitrogen and oxygen atoms in total. The molecule has 0 amide bonds. The summed E-state index contributed by atoms with van der Waals surface area (Å²) in [4.78, 5) is 11.2. The Kier molecular flexibility index (Phi) is 15.5. The van der Waals surface area contributed by atoms with Gasteiger partial charge in [0.1, 0.15) is 0 Å². The molecule has 0 aliphatic carbocycles. The zero-order chi connectivity index (χ0) is 24.4. The number of ether oxygens (including phenoxy) is 3. The van der Waals surface area contributed by atoms with Crippen LogP contribution < -0.4 is 9.47 Å². The molecule has 0 saturated heterocycles. The molecule has 0 bridgehead atoms. The molecule has 0 aliphatic rings. The highest BCUT2D eigenvalue weighted by atomic mass is 28.4. The number of hydrogen-bond acceptors (Lipinski definition) is 7. The predicted octanol–water partition coefficient (Wildman–Crippen LogP) is 5.65. The minimum Gasteiger partial charge on any atom is -0.493 e. The van der Waals surface area contributed by atoms with E-state index in [2.05, 4.69) is 4.74 Å². The molecule has 0 spiro atoms. The summed E-state index contributed by atoms with van der Waals surface area (Å²) < 4.78 is 33.7. The van der Waals surface area contributed by atoms with Crippen LogP contribution in [-0.4, -0.2) is 55.4 Å². The summed E-state index contributed by atoms with van der Waals surface area (Å²) in [5.41, 5.74) is 0.842. The van der Waals surface area contributed by atoms with Crippen molar-refractivity contribution < 1.29 is 32.3 Å². The van der Waals surface area contributed by atoms with Gasteiger partial charge in [-0.25, -0.2) is 4.79 Å². The molecule has 0 heterocycles. The molecule has 1 rings (SSSR count). The number of methoxy groups -OCH3 is 2. The van der Waals surface area contributed by atoms with Crippen LogP contribution in [0.25, 0.3) is 6.08 Å². The van der Waals surface area contributed by atoms with E-state index < -0.39 is 14.8 Å². The molecule has 33 heavy (non-hydrogen) atoms. The number of unbranched alkanes of at least 4 members (excludes halogenated alkanes) is 5. The highest BCUT2D eigenvalue weighted by molar-refractivity contribution is 6.60. The van der Waals surface area contributed by atoms with Crippen molar-refractivity contribution in [1.82, 2.24) is 0 Å². The number of hydrogen-bond donors (Lipinski definition) is 0. The first-order valence-corrected chi connectivity index (χ1v) is 14.0.